The molecule has 6 nitrogen and oxygen atoms in total. The van der Waals surface area contributed by atoms with Crippen molar-refractivity contribution >= 4 is 0 Å². The van der Waals surface area contributed by atoms with Gasteiger partial charge in [0.05, 0.1) is 24.9 Å². The molecule has 0 amide bonds. The summed E-state index contributed by atoms with van der Waals surface area (Å²) in [4.78, 5) is 6.70. The Balaban J connectivity index is 2.02. The molecule has 0 aliphatic carbocycles. The molecule has 6 heteroatoms. The average Bonchev–Trinajstić information content (AvgIpc) is 2.74. The molecule has 1 aliphatic heterocycles. The minimum atomic E-state index is -0.154. The van der Waals surface area contributed by atoms with Crippen LogP contribution in [0.25, 0.3) is 0 Å². The van der Waals surface area contributed by atoms with Crippen molar-refractivity contribution in [3.05, 3.63) is 12.2 Å². The lowest BCUT2D eigenvalue weighted by molar-refractivity contribution is -0.154. The van der Waals surface area contributed by atoms with Crippen LogP contribution in [0.4, 0.5) is 0 Å². The summed E-state index contributed by atoms with van der Waals surface area (Å²) in [6.45, 7) is 10.4. The second-order valence-corrected chi connectivity index (χ2v) is 5.62. The first-order valence-electron chi connectivity index (χ1n) is 6.80. The highest BCUT2D eigenvalue weighted by atomic mass is 16.5. The Bertz CT molecular complexity index is 405. The van der Waals surface area contributed by atoms with Crippen LogP contribution >= 0.6 is 0 Å². The fourth-order valence-electron chi connectivity index (χ4n) is 2.68. The number of aryl methyl sites for hydroxylation is 1. The van der Waals surface area contributed by atoms with Crippen molar-refractivity contribution in [2.45, 2.75) is 45.6 Å². The van der Waals surface area contributed by atoms with Gasteiger partial charge in [0.2, 0.25) is 0 Å². The largest absolute Gasteiger partial charge is 0.382 e. The van der Waals surface area contributed by atoms with E-state index in [2.05, 4.69) is 35.8 Å². The number of aromatic nitrogens is 3. The van der Waals surface area contributed by atoms with Crippen molar-refractivity contribution in [3.63, 3.8) is 0 Å². The topological polar surface area (TPSA) is 52.4 Å². The molecule has 1 aromatic heterocycles. The van der Waals surface area contributed by atoms with Crippen LogP contribution in [0.15, 0.2) is 6.33 Å². The zero-order chi connectivity index (χ0) is 13.9. The molecular weight excluding hydrogens is 244 g/mol. The number of nitrogens with zero attached hydrogens (tertiary/aromatic N) is 4. The molecule has 0 saturated carbocycles. The van der Waals surface area contributed by atoms with Gasteiger partial charge in [0.1, 0.15) is 12.2 Å². The first-order chi connectivity index (χ1) is 9.04. The van der Waals surface area contributed by atoms with E-state index < -0.39 is 0 Å². The van der Waals surface area contributed by atoms with Gasteiger partial charge >= 0.3 is 0 Å². The molecule has 19 heavy (non-hydrogen) atoms. The molecule has 0 aromatic carbocycles. The van der Waals surface area contributed by atoms with Gasteiger partial charge in [-0.1, -0.05) is 0 Å². The van der Waals surface area contributed by atoms with Crippen LogP contribution in [0.2, 0.25) is 0 Å². The number of ether oxygens (including phenoxy) is 2. The third kappa shape index (κ3) is 3.75. The van der Waals surface area contributed by atoms with Gasteiger partial charge in [-0.25, -0.2) is 9.67 Å². The van der Waals surface area contributed by atoms with E-state index in [0.717, 1.165) is 32.0 Å². The maximum absolute atomic E-state index is 6.01. The molecule has 1 saturated heterocycles. The van der Waals surface area contributed by atoms with Crippen LogP contribution in [0.1, 0.15) is 26.6 Å². The number of rotatable bonds is 5. The van der Waals surface area contributed by atoms with E-state index in [1.807, 2.05) is 4.68 Å². The number of morpholine rings is 1. The van der Waals surface area contributed by atoms with Gasteiger partial charge in [-0.2, -0.15) is 5.10 Å². The van der Waals surface area contributed by atoms with Crippen LogP contribution in [-0.2, 0) is 22.6 Å². The van der Waals surface area contributed by atoms with E-state index in [4.69, 9.17) is 9.47 Å². The molecule has 0 spiro atoms. The Morgan fingerprint density at radius 2 is 2.32 bits per heavy atom. The summed E-state index contributed by atoms with van der Waals surface area (Å²) >= 11 is 0. The molecule has 0 bridgehead atoms. The Morgan fingerprint density at radius 1 is 1.53 bits per heavy atom. The van der Waals surface area contributed by atoms with Crippen molar-refractivity contribution in [2.24, 2.45) is 0 Å². The van der Waals surface area contributed by atoms with Crippen LogP contribution in [0.3, 0.4) is 0 Å². The van der Waals surface area contributed by atoms with E-state index in [0.29, 0.717) is 6.61 Å². The maximum Gasteiger partial charge on any atom is 0.140 e. The Kier molecular flexibility index (Phi) is 4.54. The third-order valence-corrected chi connectivity index (χ3v) is 3.26. The molecule has 2 rings (SSSR count). The van der Waals surface area contributed by atoms with Crippen molar-refractivity contribution in [1.29, 1.82) is 0 Å². The summed E-state index contributed by atoms with van der Waals surface area (Å²) in [7, 11) is 1.71. The van der Waals surface area contributed by atoms with Gasteiger partial charge in [0.15, 0.2) is 0 Å². The molecule has 108 valence electrons. The lowest BCUT2D eigenvalue weighted by atomic mass is 10.1. The van der Waals surface area contributed by atoms with Gasteiger partial charge in [-0.15, -0.1) is 0 Å². The van der Waals surface area contributed by atoms with Crippen LogP contribution in [-0.4, -0.2) is 58.2 Å². The normalized spacial score (nSPS) is 23.7. The summed E-state index contributed by atoms with van der Waals surface area (Å²) in [6.07, 6.45) is 1.74. The van der Waals surface area contributed by atoms with Gasteiger partial charge in [-0.3, -0.25) is 4.90 Å². The Hall–Kier alpha value is -0.980. The van der Waals surface area contributed by atoms with Gasteiger partial charge in [0, 0.05) is 26.7 Å². The molecule has 1 aliphatic rings. The van der Waals surface area contributed by atoms with Crippen molar-refractivity contribution in [3.8, 4) is 0 Å². The van der Waals surface area contributed by atoms with E-state index in [1.165, 1.54) is 0 Å². The minimum Gasteiger partial charge on any atom is -0.382 e. The second kappa shape index (κ2) is 5.98. The van der Waals surface area contributed by atoms with Crippen molar-refractivity contribution < 1.29 is 9.47 Å². The van der Waals surface area contributed by atoms with E-state index in [9.17, 15) is 0 Å². The van der Waals surface area contributed by atoms with Crippen LogP contribution < -0.4 is 0 Å². The average molecular weight is 268 g/mol. The van der Waals surface area contributed by atoms with Gasteiger partial charge in [0.25, 0.3) is 0 Å². The zero-order valence-electron chi connectivity index (χ0n) is 12.3. The predicted octanol–water partition coefficient (Wildman–Crippen LogP) is 0.924. The van der Waals surface area contributed by atoms with Crippen molar-refractivity contribution in [2.75, 3.05) is 26.8 Å². The van der Waals surface area contributed by atoms with Crippen molar-refractivity contribution in [1.82, 2.24) is 19.7 Å². The molecule has 0 N–H and O–H groups in total. The maximum atomic E-state index is 6.01. The summed E-state index contributed by atoms with van der Waals surface area (Å²) in [6, 6.07) is 0. The fourth-order valence-corrected chi connectivity index (χ4v) is 2.68. The van der Waals surface area contributed by atoms with Crippen LogP contribution in [0, 0.1) is 0 Å². The summed E-state index contributed by atoms with van der Waals surface area (Å²) in [5.74, 6) is 1.01. The minimum absolute atomic E-state index is 0.117. The van der Waals surface area contributed by atoms with E-state index in [-0.39, 0.29) is 11.7 Å². The van der Waals surface area contributed by atoms with E-state index >= 15 is 0 Å². The fraction of sp³-hybridized carbons (Fsp3) is 0.846. The molecule has 1 atom stereocenters. The molecule has 1 fully saturated rings. The number of methoxy groups -OCH3 is 1. The number of hydrogen-bond acceptors (Lipinski definition) is 5. The second-order valence-electron chi connectivity index (χ2n) is 5.62. The lowest BCUT2D eigenvalue weighted by Crippen LogP contribution is -2.53. The van der Waals surface area contributed by atoms with Crippen LogP contribution in [0.5, 0.6) is 0 Å². The quantitative estimate of drug-likeness (QED) is 0.795. The monoisotopic (exact) mass is 268 g/mol. The standard InChI is InChI=1S/C13H24N4O2/c1-5-17-12(14-10-15-17)7-16-6-11(8-18-4)19-13(2,3)9-16/h10-11H,5-9H2,1-4H3/t11-/m0/s1. The highest BCUT2D eigenvalue weighted by Gasteiger charge is 2.33. The molecule has 1 aromatic rings. The SMILES string of the molecule is CCn1ncnc1CN1C[C@@H](COC)OC(C)(C)C1. The van der Waals surface area contributed by atoms with E-state index in [1.54, 1.807) is 13.4 Å². The Labute approximate surface area is 114 Å². The summed E-state index contributed by atoms with van der Waals surface area (Å²) in [5, 5.41) is 4.21. The predicted molar refractivity (Wildman–Crippen MR) is 71.8 cm³/mol. The highest BCUT2D eigenvalue weighted by molar-refractivity contribution is 4.90. The highest BCUT2D eigenvalue weighted by Crippen LogP contribution is 2.22. The molecule has 2 heterocycles. The number of hydrogen-bond donors (Lipinski definition) is 0. The summed E-state index contributed by atoms with van der Waals surface area (Å²) < 4.78 is 13.2. The molecule has 0 radical (unpaired) electrons. The summed E-state index contributed by atoms with van der Waals surface area (Å²) in [5.41, 5.74) is -0.154. The lowest BCUT2D eigenvalue weighted by Gasteiger charge is -2.42. The molecular formula is C13H24N4O2. The first kappa shape index (κ1) is 14.4. The molecule has 0 unspecified atom stereocenters. The smallest absolute Gasteiger partial charge is 0.140 e. The van der Waals surface area contributed by atoms with Gasteiger partial charge in [-0.05, 0) is 20.8 Å². The van der Waals surface area contributed by atoms with Gasteiger partial charge < -0.3 is 9.47 Å². The third-order valence-electron chi connectivity index (χ3n) is 3.26. The Morgan fingerprint density at radius 3 is 3.00 bits per heavy atom. The zero-order valence-corrected chi connectivity index (χ0v) is 12.3. The first-order valence-corrected chi connectivity index (χ1v) is 6.80.